The van der Waals surface area contributed by atoms with Crippen LogP contribution >= 0.6 is 0 Å². The van der Waals surface area contributed by atoms with Gasteiger partial charge in [0, 0.05) is 5.70 Å². The Labute approximate surface area is 73.0 Å². The zero-order chi connectivity index (χ0) is 8.81. The van der Waals surface area contributed by atoms with E-state index in [0.29, 0.717) is 0 Å². The van der Waals surface area contributed by atoms with Gasteiger partial charge in [-0.05, 0) is 25.7 Å². The zero-order valence-corrected chi connectivity index (χ0v) is 7.31. The normalized spacial score (nSPS) is 18.8. The average Bonchev–Trinajstić information content (AvgIpc) is 1.93. The largest absolute Gasteiger partial charge is 0.351 e. The third-order valence-electron chi connectivity index (χ3n) is 2.07. The molecule has 1 rings (SSSR count). The highest BCUT2D eigenvalue weighted by Gasteiger charge is 2.02. The molecule has 1 aliphatic rings. The van der Waals surface area contributed by atoms with Gasteiger partial charge in [0.2, 0.25) is 0 Å². The van der Waals surface area contributed by atoms with Gasteiger partial charge in [0.05, 0.1) is 0 Å². The number of allylic oxidation sites excluding steroid dienone is 2. The number of carbonyl (C=O) groups excluding carboxylic acids is 1. The molecule has 1 aliphatic carbocycles. The summed E-state index contributed by atoms with van der Waals surface area (Å²) in [4.78, 5) is 10.5. The molecule has 0 aromatic rings. The number of amides is 2. The molecule has 3 N–H and O–H groups in total. The lowest BCUT2D eigenvalue weighted by Gasteiger charge is -2.10. The van der Waals surface area contributed by atoms with E-state index in [4.69, 9.17) is 5.73 Å². The van der Waals surface area contributed by atoms with Crippen LogP contribution in [0.25, 0.3) is 0 Å². The van der Waals surface area contributed by atoms with Crippen molar-refractivity contribution >= 4 is 6.03 Å². The van der Waals surface area contributed by atoms with E-state index in [2.05, 4.69) is 11.4 Å². The van der Waals surface area contributed by atoms with Gasteiger partial charge in [-0.1, -0.05) is 18.9 Å². The van der Waals surface area contributed by atoms with Crippen LogP contribution < -0.4 is 11.1 Å². The lowest BCUT2D eigenvalue weighted by molar-refractivity contribution is 0.251. The van der Waals surface area contributed by atoms with Gasteiger partial charge in [-0.15, -0.1) is 0 Å². The molecule has 0 saturated carbocycles. The highest BCUT2D eigenvalue weighted by Crippen LogP contribution is 2.14. The van der Waals surface area contributed by atoms with Gasteiger partial charge in [-0.25, -0.2) is 4.79 Å². The van der Waals surface area contributed by atoms with Gasteiger partial charge in [0.25, 0.3) is 0 Å². The summed E-state index contributed by atoms with van der Waals surface area (Å²) in [7, 11) is 0. The number of carbonyl (C=O) groups is 1. The fraction of sp³-hybridized carbons (Fsp3) is 0.667. The maximum absolute atomic E-state index is 10.5. The molecule has 0 saturated heterocycles. The molecule has 3 heteroatoms. The molecule has 0 atom stereocenters. The number of rotatable bonds is 1. The van der Waals surface area contributed by atoms with Gasteiger partial charge in [-0.3, -0.25) is 0 Å². The predicted octanol–water partition coefficient (Wildman–Crippen LogP) is 1.89. The third-order valence-corrected chi connectivity index (χ3v) is 2.07. The van der Waals surface area contributed by atoms with Gasteiger partial charge in [0.1, 0.15) is 0 Å². The Hall–Kier alpha value is -0.990. The molecule has 0 heterocycles. The van der Waals surface area contributed by atoms with E-state index in [1.165, 1.54) is 19.3 Å². The summed E-state index contributed by atoms with van der Waals surface area (Å²) in [6.45, 7) is 0. The summed E-state index contributed by atoms with van der Waals surface area (Å²) in [6, 6.07) is -0.443. The summed E-state index contributed by atoms with van der Waals surface area (Å²) in [5.74, 6) is 0. The summed E-state index contributed by atoms with van der Waals surface area (Å²) in [5.41, 5.74) is 6.02. The Morgan fingerprint density at radius 3 is 2.83 bits per heavy atom. The standard InChI is InChI=1S/C9H16N2O/c10-9(12)11-8-6-4-2-1-3-5-7-8/h6H,1-5,7H2,(H3,10,11,12). The maximum atomic E-state index is 10.5. The van der Waals surface area contributed by atoms with E-state index in [-0.39, 0.29) is 0 Å². The highest BCUT2D eigenvalue weighted by molar-refractivity contribution is 5.73. The minimum atomic E-state index is -0.443. The Bertz CT molecular complexity index is 187. The van der Waals surface area contributed by atoms with Crippen LogP contribution in [0.3, 0.4) is 0 Å². The number of urea groups is 1. The first-order chi connectivity index (χ1) is 5.79. The molecule has 0 aromatic heterocycles. The first-order valence-electron chi connectivity index (χ1n) is 4.54. The molecular weight excluding hydrogens is 152 g/mol. The molecule has 0 unspecified atom stereocenters. The molecule has 3 nitrogen and oxygen atoms in total. The number of hydrogen-bond acceptors (Lipinski definition) is 1. The molecule has 0 aliphatic heterocycles. The Kier molecular flexibility index (Phi) is 3.64. The second-order valence-corrected chi connectivity index (χ2v) is 3.17. The van der Waals surface area contributed by atoms with Crippen molar-refractivity contribution in [3.63, 3.8) is 0 Å². The van der Waals surface area contributed by atoms with Crippen LogP contribution in [0.2, 0.25) is 0 Å². The van der Waals surface area contributed by atoms with E-state index in [0.717, 1.165) is 25.0 Å². The molecule has 0 fully saturated rings. The highest BCUT2D eigenvalue weighted by atomic mass is 16.2. The third kappa shape index (κ3) is 3.42. The minimum absolute atomic E-state index is 0.443. The van der Waals surface area contributed by atoms with Crippen LogP contribution in [-0.2, 0) is 0 Å². The molecule has 68 valence electrons. The number of hydrogen-bond donors (Lipinski definition) is 2. The van der Waals surface area contributed by atoms with E-state index in [1.54, 1.807) is 0 Å². The van der Waals surface area contributed by atoms with Crippen molar-refractivity contribution < 1.29 is 4.79 Å². The van der Waals surface area contributed by atoms with Gasteiger partial charge in [-0.2, -0.15) is 0 Å². The smallest absolute Gasteiger partial charge is 0.316 e. The first-order valence-corrected chi connectivity index (χ1v) is 4.54. The molecule has 0 spiro atoms. The number of nitrogens with two attached hydrogens (primary N) is 1. The zero-order valence-electron chi connectivity index (χ0n) is 7.31. The lowest BCUT2D eigenvalue weighted by atomic mass is 10.0. The number of primary amides is 1. The van der Waals surface area contributed by atoms with Crippen LogP contribution in [0.4, 0.5) is 4.79 Å². The van der Waals surface area contributed by atoms with Crippen molar-refractivity contribution in [3.8, 4) is 0 Å². The quantitative estimate of drug-likeness (QED) is 0.617. The summed E-state index contributed by atoms with van der Waals surface area (Å²) < 4.78 is 0. The van der Waals surface area contributed by atoms with Crippen LogP contribution in [0.15, 0.2) is 11.8 Å². The van der Waals surface area contributed by atoms with Crippen molar-refractivity contribution in [2.75, 3.05) is 0 Å². The van der Waals surface area contributed by atoms with Gasteiger partial charge < -0.3 is 11.1 Å². The van der Waals surface area contributed by atoms with Crippen LogP contribution in [0.1, 0.15) is 38.5 Å². The van der Waals surface area contributed by atoms with Crippen LogP contribution in [0, 0.1) is 0 Å². The SMILES string of the molecule is NC(=O)NC1=CCCCCCC1. The topological polar surface area (TPSA) is 55.1 Å². The number of nitrogens with one attached hydrogen (secondary N) is 1. The fourth-order valence-electron chi connectivity index (χ4n) is 1.46. The molecular formula is C9H16N2O. The average molecular weight is 168 g/mol. The Morgan fingerprint density at radius 1 is 1.33 bits per heavy atom. The van der Waals surface area contributed by atoms with E-state index in [9.17, 15) is 4.79 Å². The van der Waals surface area contributed by atoms with Crippen LogP contribution in [-0.4, -0.2) is 6.03 Å². The first kappa shape index (κ1) is 9.10. The van der Waals surface area contributed by atoms with Crippen molar-refractivity contribution in [2.24, 2.45) is 5.73 Å². The monoisotopic (exact) mass is 168 g/mol. The Morgan fingerprint density at radius 2 is 2.08 bits per heavy atom. The molecule has 0 bridgehead atoms. The second kappa shape index (κ2) is 4.80. The minimum Gasteiger partial charge on any atom is -0.351 e. The summed E-state index contributed by atoms with van der Waals surface area (Å²) in [6.07, 6.45) is 9.07. The van der Waals surface area contributed by atoms with Crippen molar-refractivity contribution in [2.45, 2.75) is 38.5 Å². The summed E-state index contributed by atoms with van der Waals surface area (Å²) in [5, 5.41) is 2.65. The Balaban J connectivity index is 2.41. The van der Waals surface area contributed by atoms with E-state index >= 15 is 0 Å². The molecule has 2 amide bonds. The lowest BCUT2D eigenvalue weighted by Crippen LogP contribution is -2.28. The van der Waals surface area contributed by atoms with Gasteiger partial charge >= 0.3 is 6.03 Å². The molecule has 0 aromatic carbocycles. The summed E-state index contributed by atoms with van der Waals surface area (Å²) >= 11 is 0. The van der Waals surface area contributed by atoms with Crippen molar-refractivity contribution in [3.05, 3.63) is 11.8 Å². The maximum Gasteiger partial charge on any atom is 0.316 e. The van der Waals surface area contributed by atoms with E-state index < -0.39 is 6.03 Å². The van der Waals surface area contributed by atoms with Crippen LogP contribution in [0.5, 0.6) is 0 Å². The fourth-order valence-corrected chi connectivity index (χ4v) is 1.46. The predicted molar refractivity (Wildman–Crippen MR) is 48.5 cm³/mol. The van der Waals surface area contributed by atoms with Crippen molar-refractivity contribution in [1.82, 2.24) is 5.32 Å². The van der Waals surface area contributed by atoms with Crippen molar-refractivity contribution in [1.29, 1.82) is 0 Å². The molecule has 0 radical (unpaired) electrons. The van der Waals surface area contributed by atoms with Gasteiger partial charge in [0.15, 0.2) is 0 Å². The molecule has 12 heavy (non-hydrogen) atoms. The van der Waals surface area contributed by atoms with E-state index in [1.807, 2.05) is 0 Å². The second-order valence-electron chi connectivity index (χ2n) is 3.17.